The average Bonchev–Trinajstić information content (AvgIpc) is 3.50. The van der Waals surface area contributed by atoms with Gasteiger partial charge in [0.1, 0.15) is 27.6 Å². The van der Waals surface area contributed by atoms with Crippen molar-refractivity contribution in [1.82, 2.24) is 9.47 Å². The van der Waals surface area contributed by atoms with Gasteiger partial charge in [-0.2, -0.15) is 5.26 Å². The topological polar surface area (TPSA) is 96.6 Å². The molecule has 3 aromatic rings. The van der Waals surface area contributed by atoms with Gasteiger partial charge in [0, 0.05) is 18.7 Å². The summed E-state index contributed by atoms with van der Waals surface area (Å²) < 4.78 is 26.0. The first-order chi connectivity index (χ1) is 18.8. The van der Waals surface area contributed by atoms with E-state index >= 15 is 0 Å². The number of fused-ring (bicyclic) bond motifs is 1. The number of pyridine rings is 1. The van der Waals surface area contributed by atoms with E-state index < -0.39 is 5.56 Å². The second kappa shape index (κ2) is 10.9. The first-order valence-corrected chi connectivity index (χ1v) is 13.3. The fourth-order valence-electron chi connectivity index (χ4n) is 4.43. The van der Waals surface area contributed by atoms with Crippen molar-refractivity contribution in [2.24, 2.45) is 0 Å². The van der Waals surface area contributed by atoms with Crippen LogP contribution in [0.15, 0.2) is 52.2 Å². The largest absolute Gasteiger partial charge is 0.454 e. The first kappa shape index (κ1) is 26.5. The Labute approximate surface area is 233 Å². The summed E-state index contributed by atoms with van der Waals surface area (Å²) in [5.41, 5.74) is 2.21. The number of benzene rings is 2. The van der Waals surface area contributed by atoms with E-state index in [1.54, 1.807) is 38.1 Å². The maximum absolute atomic E-state index is 13.5. The van der Waals surface area contributed by atoms with Crippen molar-refractivity contribution in [3.05, 3.63) is 91.4 Å². The predicted molar refractivity (Wildman–Crippen MR) is 151 cm³/mol. The maximum atomic E-state index is 13.5. The molecule has 2 aromatic carbocycles. The molecule has 1 aromatic heterocycles. The average molecular weight is 563 g/mol. The third-order valence-electron chi connectivity index (χ3n) is 6.49. The number of rotatable bonds is 7. The SMILES string of the molecule is CCn1c(NCc2ccc(F)cc2)c(/C=C2/SC(=S)N(Cc3ccc4c(c3)OCO4)C2=O)c(C)c(C#N)c1=O. The lowest BCUT2D eigenvalue weighted by molar-refractivity contribution is -0.122. The Morgan fingerprint density at radius 1 is 1.15 bits per heavy atom. The summed E-state index contributed by atoms with van der Waals surface area (Å²) in [6, 6.07) is 13.5. The van der Waals surface area contributed by atoms with Crippen LogP contribution in [-0.4, -0.2) is 26.5 Å². The first-order valence-electron chi connectivity index (χ1n) is 12.1. The van der Waals surface area contributed by atoms with Crippen LogP contribution in [0.4, 0.5) is 10.2 Å². The Morgan fingerprint density at radius 2 is 1.87 bits per heavy atom. The molecule has 0 aliphatic carbocycles. The number of thioether (sulfide) groups is 1. The van der Waals surface area contributed by atoms with Crippen molar-refractivity contribution in [2.75, 3.05) is 12.1 Å². The minimum absolute atomic E-state index is 0.00581. The van der Waals surface area contributed by atoms with Crippen LogP contribution >= 0.6 is 24.0 Å². The van der Waals surface area contributed by atoms with Crippen LogP contribution < -0.4 is 20.3 Å². The van der Waals surface area contributed by atoms with Crippen molar-refractivity contribution < 1.29 is 18.7 Å². The van der Waals surface area contributed by atoms with Crippen molar-refractivity contribution in [2.45, 2.75) is 33.5 Å². The second-order valence-corrected chi connectivity index (χ2v) is 10.5. The summed E-state index contributed by atoms with van der Waals surface area (Å²) in [5, 5.41) is 13.0. The van der Waals surface area contributed by atoms with Gasteiger partial charge >= 0.3 is 0 Å². The fourth-order valence-corrected chi connectivity index (χ4v) is 5.67. The third-order valence-corrected chi connectivity index (χ3v) is 7.87. The molecule has 3 heterocycles. The number of nitrogens with zero attached hydrogens (tertiary/aromatic N) is 3. The summed E-state index contributed by atoms with van der Waals surface area (Å²) in [6.45, 7) is 4.50. The van der Waals surface area contributed by atoms with E-state index in [1.165, 1.54) is 21.6 Å². The Bertz CT molecular complexity index is 1630. The van der Waals surface area contributed by atoms with Crippen molar-refractivity contribution in [3.63, 3.8) is 0 Å². The maximum Gasteiger partial charge on any atom is 0.270 e. The van der Waals surface area contributed by atoms with E-state index in [9.17, 15) is 19.2 Å². The lowest BCUT2D eigenvalue weighted by Gasteiger charge is -2.19. The van der Waals surface area contributed by atoms with Crippen LogP contribution in [0.2, 0.25) is 0 Å². The third kappa shape index (κ3) is 5.13. The van der Waals surface area contributed by atoms with Gasteiger partial charge in [-0.1, -0.05) is 42.2 Å². The number of ether oxygens (including phenoxy) is 2. The van der Waals surface area contributed by atoms with Crippen molar-refractivity contribution in [3.8, 4) is 17.6 Å². The number of thiocarbonyl (C=S) groups is 1. The zero-order valence-corrected chi connectivity index (χ0v) is 22.7. The number of amides is 1. The van der Waals surface area contributed by atoms with Crippen LogP contribution in [0.3, 0.4) is 0 Å². The molecule has 1 amide bonds. The predicted octanol–water partition coefficient (Wildman–Crippen LogP) is 4.93. The minimum Gasteiger partial charge on any atom is -0.454 e. The number of carbonyl (C=O) groups is 1. The van der Waals surface area contributed by atoms with Gasteiger partial charge in [0.25, 0.3) is 11.5 Å². The van der Waals surface area contributed by atoms with Gasteiger partial charge in [-0.05, 0) is 60.9 Å². The van der Waals surface area contributed by atoms with E-state index in [0.717, 1.165) is 22.9 Å². The molecule has 8 nitrogen and oxygen atoms in total. The summed E-state index contributed by atoms with van der Waals surface area (Å²) in [4.78, 5) is 28.4. The van der Waals surface area contributed by atoms with E-state index in [4.69, 9.17) is 21.7 Å². The van der Waals surface area contributed by atoms with Gasteiger partial charge in [0.15, 0.2) is 11.5 Å². The highest BCUT2D eigenvalue weighted by molar-refractivity contribution is 8.26. The summed E-state index contributed by atoms with van der Waals surface area (Å²) in [6.07, 6.45) is 1.67. The second-order valence-electron chi connectivity index (χ2n) is 8.86. The Kier molecular flexibility index (Phi) is 7.41. The molecule has 1 fully saturated rings. The zero-order valence-electron chi connectivity index (χ0n) is 21.1. The molecule has 0 radical (unpaired) electrons. The van der Waals surface area contributed by atoms with Crippen LogP contribution in [0, 0.1) is 24.1 Å². The fraction of sp³-hybridized carbons (Fsp3) is 0.214. The lowest BCUT2D eigenvalue weighted by Crippen LogP contribution is -2.28. The molecule has 39 heavy (non-hydrogen) atoms. The normalized spacial score (nSPS) is 15.2. The Balaban J connectivity index is 1.50. The highest BCUT2D eigenvalue weighted by Crippen LogP contribution is 2.37. The molecule has 2 aliphatic rings. The number of nitriles is 1. The van der Waals surface area contributed by atoms with Crippen LogP contribution in [0.5, 0.6) is 11.5 Å². The number of aromatic nitrogens is 1. The molecule has 0 spiro atoms. The molecule has 0 unspecified atom stereocenters. The molecule has 0 bridgehead atoms. The number of carbonyl (C=O) groups excluding carboxylic acids is 1. The Hall–Kier alpha value is -4.14. The minimum atomic E-state index is -0.424. The molecule has 1 saturated heterocycles. The van der Waals surface area contributed by atoms with E-state index in [-0.39, 0.29) is 30.6 Å². The van der Waals surface area contributed by atoms with Gasteiger partial charge in [-0.3, -0.25) is 19.1 Å². The van der Waals surface area contributed by atoms with Gasteiger partial charge in [0.2, 0.25) is 6.79 Å². The number of hydrogen-bond donors (Lipinski definition) is 1. The van der Waals surface area contributed by atoms with E-state index in [0.29, 0.717) is 50.8 Å². The van der Waals surface area contributed by atoms with Gasteiger partial charge in [0.05, 0.1) is 11.4 Å². The molecule has 5 rings (SSSR count). The zero-order chi connectivity index (χ0) is 27.7. The monoisotopic (exact) mass is 562 g/mol. The lowest BCUT2D eigenvalue weighted by atomic mass is 10.0. The van der Waals surface area contributed by atoms with Gasteiger partial charge in [-0.25, -0.2) is 4.39 Å². The smallest absolute Gasteiger partial charge is 0.270 e. The van der Waals surface area contributed by atoms with Crippen molar-refractivity contribution in [1.29, 1.82) is 5.26 Å². The molecule has 198 valence electrons. The standard InChI is InChI=1S/C28H23FN4O4S2/c1-3-32-25(31-13-17-4-7-19(29)8-5-17)20(16(2)21(12-30)26(32)34)11-24-27(35)33(28(38)39-24)14-18-6-9-22-23(10-18)37-15-36-22/h4-11,31H,3,13-15H2,1-2H3/b24-11+. The van der Waals surface area contributed by atoms with Crippen LogP contribution in [0.1, 0.15) is 34.7 Å². The molecule has 2 aliphatic heterocycles. The summed E-state index contributed by atoms with van der Waals surface area (Å²) in [7, 11) is 0. The number of hydrogen-bond acceptors (Lipinski definition) is 8. The number of nitrogens with one attached hydrogen (secondary N) is 1. The van der Waals surface area contributed by atoms with E-state index in [2.05, 4.69) is 5.32 Å². The molecule has 0 atom stereocenters. The molecule has 0 saturated carbocycles. The summed E-state index contributed by atoms with van der Waals surface area (Å²) in [5.74, 6) is 1.11. The molecule has 1 N–H and O–H groups in total. The van der Waals surface area contributed by atoms with Crippen LogP contribution in [0.25, 0.3) is 6.08 Å². The quantitative estimate of drug-likeness (QED) is 0.320. The molecular formula is C28H23FN4O4S2. The van der Waals surface area contributed by atoms with Crippen molar-refractivity contribution >= 4 is 46.1 Å². The molecule has 11 heteroatoms. The van der Waals surface area contributed by atoms with Gasteiger partial charge in [-0.15, -0.1) is 0 Å². The van der Waals surface area contributed by atoms with Crippen LogP contribution in [-0.2, 0) is 24.4 Å². The highest BCUT2D eigenvalue weighted by atomic mass is 32.2. The molecular weight excluding hydrogens is 539 g/mol. The Morgan fingerprint density at radius 3 is 2.59 bits per heavy atom. The highest BCUT2D eigenvalue weighted by Gasteiger charge is 2.33. The number of anilines is 1. The summed E-state index contributed by atoms with van der Waals surface area (Å²) >= 11 is 6.70. The number of halogens is 1. The van der Waals surface area contributed by atoms with Gasteiger partial charge < -0.3 is 14.8 Å². The van der Waals surface area contributed by atoms with E-state index in [1.807, 2.05) is 18.2 Å².